The highest BCUT2D eigenvalue weighted by Crippen LogP contribution is 2.37. The summed E-state index contributed by atoms with van der Waals surface area (Å²) in [5, 5.41) is 2.90. The molecular weight excluding hydrogens is 271 g/mol. The standard InChI is InChI=1S/C16H19FN2O2/c1-10-5-6-12(17)9-13(10)19-11(2)14(20)18-16(15(19)21)7-3-4-8-16/h5-6,9,11H,3-4,7-8H2,1-2H3,(H,18,20). The van der Waals surface area contributed by atoms with Crippen LogP contribution in [0.5, 0.6) is 0 Å². The zero-order valence-electron chi connectivity index (χ0n) is 12.3. The number of nitrogens with zero attached hydrogens (tertiary/aromatic N) is 1. The number of carbonyl (C=O) groups excluding carboxylic acids is 2. The van der Waals surface area contributed by atoms with Gasteiger partial charge in [-0.05, 0) is 44.4 Å². The fourth-order valence-corrected chi connectivity index (χ4v) is 3.39. The van der Waals surface area contributed by atoms with Crippen LogP contribution in [0.15, 0.2) is 18.2 Å². The molecule has 1 aliphatic heterocycles. The Kier molecular flexibility index (Phi) is 3.23. The fraction of sp³-hybridized carbons (Fsp3) is 0.500. The second kappa shape index (κ2) is 4.83. The average molecular weight is 290 g/mol. The van der Waals surface area contributed by atoms with Crippen LogP contribution in [-0.2, 0) is 9.59 Å². The maximum absolute atomic E-state index is 13.6. The van der Waals surface area contributed by atoms with E-state index in [1.165, 1.54) is 17.0 Å². The van der Waals surface area contributed by atoms with Gasteiger partial charge in [-0.25, -0.2) is 4.39 Å². The third kappa shape index (κ3) is 2.11. The molecule has 2 fully saturated rings. The molecule has 1 saturated carbocycles. The van der Waals surface area contributed by atoms with E-state index in [1.54, 1.807) is 13.0 Å². The highest BCUT2D eigenvalue weighted by atomic mass is 19.1. The minimum absolute atomic E-state index is 0.110. The van der Waals surface area contributed by atoms with Gasteiger partial charge in [-0.2, -0.15) is 0 Å². The van der Waals surface area contributed by atoms with Gasteiger partial charge in [-0.15, -0.1) is 0 Å². The Bertz CT molecular complexity index is 608. The number of benzene rings is 1. The summed E-state index contributed by atoms with van der Waals surface area (Å²) in [6, 6.07) is 3.72. The third-order valence-electron chi connectivity index (χ3n) is 4.65. The highest BCUT2D eigenvalue weighted by Gasteiger charge is 2.51. The van der Waals surface area contributed by atoms with Gasteiger partial charge in [0, 0.05) is 0 Å². The van der Waals surface area contributed by atoms with Crippen molar-refractivity contribution in [2.45, 2.75) is 51.1 Å². The topological polar surface area (TPSA) is 49.4 Å². The Morgan fingerprint density at radius 2 is 1.95 bits per heavy atom. The molecule has 1 saturated heterocycles. The number of rotatable bonds is 1. The molecule has 1 aliphatic carbocycles. The zero-order chi connectivity index (χ0) is 15.2. The first-order valence-electron chi connectivity index (χ1n) is 7.36. The zero-order valence-corrected chi connectivity index (χ0v) is 12.3. The lowest BCUT2D eigenvalue weighted by Gasteiger charge is -2.43. The van der Waals surface area contributed by atoms with Crippen LogP contribution in [0.4, 0.5) is 10.1 Å². The van der Waals surface area contributed by atoms with Gasteiger partial charge in [0.25, 0.3) is 5.91 Å². The molecule has 21 heavy (non-hydrogen) atoms. The number of anilines is 1. The first-order chi connectivity index (χ1) is 9.94. The maximum Gasteiger partial charge on any atom is 0.253 e. The van der Waals surface area contributed by atoms with Crippen LogP contribution >= 0.6 is 0 Å². The fourth-order valence-electron chi connectivity index (χ4n) is 3.39. The number of carbonyl (C=O) groups is 2. The molecule has 1 unspecified atom stereocenters. The number of amides is 2. The van der Waals surface area contributed by atoms with E-state index in [0.717, 1.165) is 18.4 Å². The molecule has 1 atom stereocenters. The van der Waals surface area contributed by atoms with Crippen LogP contribution in [-0.4, -0.2) is 23.4 Å². The van der Waals surface area contributed by atoms with Crippen LogP contribution < -0.4 is 10.2 Å². The molecule has 3 rings (SSSR count). The van der Waals surface area contributed by atoms with Crippen molar-refractivity contribution in [3.63, 3.8) is 0 Å². The van der Waals surface area contributed by atoms with E-state index in [4.69, 9.17) is 0 Å². The van der Waals surface area contributed by atoms with Crippen molar-refractivity contribution in [1.82, 2.24) is 5.32 Å². The van der Waals surface area contributed by atoms with Gasteiger partial charge in [0.05, 0.1) is 5.69 Å². The second-order valence-corrected chi connectivity index (χ2v) is 6.06. The lowest BCUT2D eigenvalue weighted by molar-refractivity contribution is -0.137. The molecule has 4 nitrogen and oxygen atoms in total. The summed E-state index contributed by atoms with van der Waals surface area (Å²) in [7, 11) is 0. The predicted octanol–water partition coefficient (Wildman–Crippen LogP) is 2.30. The lowest BCUT2D eigenvalue weighted by atomic mass is 9.90. The molecule has 0 radical (unpaired) electrons. The number of aryl methyl sites for hydroxylation is 1. The number of hydrogen-bond donors (Lipinski definition) is 1. The Balaban J connectivity index is 2.08. The largest absolute Gasteiger partial charge is 0.340 e. The van der Waals surface area contributed by atoms with Gasteiger partial charge in [0.15, 0.2) is 0 Å². The summed E-state index contributed by atoms with van der Waals surface area (Å²) in [6.45, 7) is 3.50. The van der Waals surface area contributed by atoms with E-state index >= 15 is 0 Å². The molecule has 0 aromatic heterocycles. The smallest absolute Gasteiger partial charge is 0.253 e. The van der Waals surface area contributed by atoms with E-state index in [2.05, 4.69) is 5.32 Å². The summed E-state index contributed by atoms with van der Waals surface area (Å²) in [6.07, 6.45) is 3.18. The van der Waals surface area contributed by atoms with Gasteiger partial charge in [-0.1, -0.05) is 18.9 Å². The Labute approximate surface area is 123 Å². The van der Waals surface area contributed by atoms with Crippen molar-refractivity contribution in [3.8, 4) is 0 Å². The minimum Gasteiger partial charge on any atom is -0.340 e. The summed E-state index contributed by atoms with van der Waals surface area (Å²) < 4.78 is 13.6. The average Bonchev–Trinajstić information content (AvgIpc) is 2.90. The number of piperazine rings is 1. The molecular formula is C16H19FN2O2. The molecule has 0 bridgehead atoms. The number of hydrogen-bond acceptors (Lipinski definition) is 2. The Morgan fingerprint density at radius 1 is 1.29 bits per heavy atom. The normalized spacial score (nSPS) is 24.5. The van der Waals surface area contributed by atoms with Gasteiger partial charge in [0.1, 0.15) is 17.4 Å². The minimum atomic E-state index is -0.789. The van der Waals surface area contributed by atoms with Gasteiger partial charge < -0.3 is 5.32 Å². The quantitative estimate of drug-likeness (QED) is 0.862. The third-order valence-corrected chi connectivity index (χ3v) is 4.65. The van der Waals surface area contributed by atoms with Crippen molar-refractivity contribution in [3.05, 3.63) is 29.6 Å². The van der Waals surface area contributed by atoms with E-state index in [-0.39, 0.29) is 11.8 Å². The summed E-state index contributed by atoms with van der Waals surface area (Å²) >= 11 is 0. The van der Waals surface area contributed by atoms with Crippen molar-refractivity contribution in [2.75, 3.05) is 4.90 Å². The van der Waals surface area contributed by atoms with Crippen LogP contribution in [0.2, 0.25) is 0 Å². The van der Waals surface area contributed by atoms with E-state index < -0.39 is 17.4 Å². The second-order valence-electron chi connectivity index (χ2n) is 6.06. The summed E-state index contributed by atoms with van der Waals surface area (Å²) in [5.41, 5.74) is 0.496. The van der Waals surface area contributed by atoms with Crippen molar-refractivity contribution < 1.29 is 14.0 Å². The van der Waals surface area contributed by atoms with Crippen LogP contribution in [0.1, 0.15) is 38.2 Å². The lowest BCUT2D eigenvalue weighted by Crippen LogP contribution is -2.69. The predicted molar refractivity (Wildman–Crippen MR) is 77.4 cm³/mol. The maximum atomic E-state index is 13.6. The Morgan fingerprint density at radius 3 is 2.62 bits per heavy atom. The van der Waals surface area contributed by atoms with Crippen molar-refractivity contribution in [1.29, 1.82) is 0 Å². The number of halogens is 1. The molecule has 1 N–H and O–H groups in total. The highest BCUT2D eigenvalue weighted by molar-refractivity contribution is 6.11. The van der Waals surface area contributed by atoms with Crippen molar-refractivity contribution >= 4 is 17.5 Å². The molecule has 1 spiro atoms. The monoisotopic (exact) mass is 290 g/mol. The Hall–Kier alpha value is -1.91. The van der Waals surface area contributed by atoms with Gasteiger partial charge >= 0.3 is 0 Å². The first kappa shape index (κ1) is 14.0. The van der Waals surface area contributed by atoms with Gasteiger partial charge in [-0.3, -0.25) is 14.5 Å². The SMILES string of the molecule is Cc1ccc(F)cc1N1C(=O)C2(CCCC2)NC(=O)C1C. The molecule has 1 aromatic rings. The van der Waals surface area contributed by atoms with Gasteiger partial charge in [0.2, 0.25) is 5.91 Å². The molecule has 112 valence electrons. The van der Waals surface area contributed by atoms with Crippen molar-refractivity contribution in [2.24, 2.45) is 0 Å². The summed E-state index contributed by atoms with van der Waals surface area (Å²) in [4.78, 5) is 26.7. The first-order valence-corrected chi connectivity index (χ1v) is 7.36. The molecule has 2 aliphatic rings. The number of nitrogens with one attached hydrogen (secondary N) is 1. The molecule has 1 aromatic carbocycles. The van der Waals surface area contributed by atoms with E-state index in [1.807, 2.05) is 6.92 Å². The van der Waals surface area contributed by atoms with Crippen LogP contribution in [0, 0.1) is 12.7 Å². The van der Waals surface area contributed by atoms with Crippen LogP contribution in [0.25, 0.3) is 0 Å². The molecule has 5 heteroatoms. The van der Waals surface area contributed by atoms with Crippen LogP contribution in [0.3, 0.4) is 0 Å². The molecule has 1 heterocycles. The summed E-state index contributed by atoms with van der Waals surface area (Å²) in [5.74, 6) is -0.678. The molecule has 2 amide bonds. The van der Waals surface area contributed by atoms with E-state index in [9.17, 15) is 14.0 Å². The van der Waals surface area contributed by atoms with E-state index in [0.29, 0.717) is 18.5 Å².